The standard InChI is InChI=1S/C15H16N4O/c20-15(13-4-2-6-17-10-13)19-8-7-18-11-14(19)12-3-1-5-16-9-12/h1-6,9-10,14,18H,7-8,11H2. The number of nitrogens with zero attached hydrogens (tertiary/aromatic N) is 3. The van der Waals surface area contributed by atoms with E-state index in [-0.39, 0.29) is 11.9 Å². The average molecular weight is 268 g/mol. The van der Waals surface area contributed by atoms with Gasteiger partial charge in [-0.15, -0.1) is 0 Å². The number of carbonyl (C=O) groups excluding carboxylic acids is 1. The maximum atomic E-state index is 12.6. The van der Waals surface area contributed by atoms with Crippen LogP contribution in [0, 0.1) is 0 Å². The third-order valence-corrected chi connectivity index (χ3v) is 3.48. The van der Waals surface area contributed by atoms with Gasteiger partial charge >= 0.3 is 0 Å². The van der Waals surface area contributed by atoms with Crippen molar-refractivity contribution in [2.24, 2.45) is 0 Å². The van der Waals surface area contributed by atoms with Crippen LogP contribution >= 0.6 is 0 Å². The van der Waals surface area contributed by atoms with E-state index >= 15 is 0 Å². The van der Waals surface area contributed by atoms with Crippen molar-refractivity contribution >= 4 is 5.91 Å². The molecular weight excluding hydrogens is 252 g/mol. The second kappa shape index (κ2) is 5.79. The predicted octanol–water partition coefficient (Wildman–Crippen LogP) is 1.26. The first-order valence-electron chi connectivity index (χ1n) is 6.68. The van der Waals surface area contributed by atoms with Gasteiger partial charge in [0, 0.05) is 44.4 Å². The molecule has 1 unspecified atom stereocenters. The van der Waals surface area contributed by atoms with Crippen molar-refractivity contribution in [2.45, 2.75) is 6.04 Å². The van der Waals surface area contributed by atoms with E-state index in [1.165, 1.54) is 0 Å². The minimum absolute atomic E-state index is 0.0187. The first kappa shape index (κ1) is 12.7. The summed E-state index contributed by atoms with van der Waals surface area (Å²) in [6.45, 7) is 2.24. The fourth-order valence-corrected chi connectivity index (χ4v) is 2.47. The number of rotatable bonds is 2. The first-order valence-corrected chi connectivity index (χ1v) is 6.68. The highest BCUT2D eigenvalue weighted by atomic mass is 16.2. The minimum Gasteiger partial charge on any atom is -0.329 e. The van der Waals surface area contributed by atoms with Gasteiger partial charge in [-0.3, -0.25) is 14.8 Å². The van der Waals surface area contributed by atoms with E-state index in [0.29, 0.717) is 12.1 Å². The molecule has 1 amide bonds. The maximum Gasteiger partial charge on any atom is 0.256 e. The summed E-state index contributed by atoms with van der Waals surface area (Å²) in [5.74, 6) is 0.0217. The maximum absolute atomic E-state index is 12.6. The van der Waals surface area contributed by atoms with Crippen LogP contribution in [-0.2, 0) is 0 Å². The number of aromatic nitrogens is 2. The average Bonchev–Trinajstić information content (AvgIpc) is 2.56. The SMILES string of the molecule is O=C(c1cccnc1)N1CCNCC1c1cccnc1. The zero-order valence-corrected chi connectivity index (χ0v) is 11.1. The second-order valence-corrected chi connectivity index (χ2v) is 4.75. The van der Waals surface area contributed by atoms with Crippen LogP contribution in [-0.4, -0.2) is 40.4 Å². The molecular formula is C15H16N4O. The van der Waals surface area contributed by atoms with E-state index < -0.39 is 0 Å². The van der Waals surface area contributed by atoms with Crippen molar-refractivity contribution in [3.8, 4) is 0 Å². The molecule has 1 aliphatic heterocycles. The molecule has 1 fully saturated rings. The summed E-state index contributed by atoms with van der Waals surface area (Å²) < 4.78 is 0. The Labute approximate surface area is 117 Å². The third kappa shape index (κ3) is 2.53. The van der Waals surface area contributed by atoms with Crippen molar-refractivity contribution in [1.29, 1.82) is 0 Å². The van der Waals surface area contributed by atoms with Gasteiger partial charge in [0.15, 0.2) is 0 Å². The van der Waals surface area contributed by atoms with Crippen LogP contribution in [0.3, 0.4) is 0 Å². The van der Waals surface area contributed by atoms with Crippen LogP contribution in [0.2, 0.25) is 0 Å². The Kier molecular flexibility index (Phi) is 3.69. The highest BCUT2D eigenvalue weighted by Crippen LogP contribution is 2.23. The number of piperazine rings is 1. The molecule has 1 atom stereocenters. The van der Waals surface area contributed by atoms with Crippen molar-refractivity contribution in [2.75, 3.05) is 19.6 Å². The molecule has 102 valence electrons. The number of hydrogen-bond donors (Lipinski definition) is 1. The molecule has 0 aliphatic carbocycles. The van der Waals surface area contributed by atoms with Crippen LogP contribution < -0.4 is 5.32 Å². The van der Waals surface area contributed by atoms with E-state index in [9.17, 15) is 4.79 Å². The van der Waals surface area contributed by atoms with E-state index in [4.69, 9.17) is 0 Å². The molecule has 2 aromatic heterocycles. The van der Waals surface area contributed by atoms with Gasteiger partial charge in [0.2, 0.25) is 0 Å². The summed E-state index contributed by atoms with van der Waals surface area (Å²) in [6.07, 6.45) is 6.85. The molecule has 1 saturated heterocycles. The van der Waals surface area contributed by atoms with Crippen molar-refractivity contribution in [3.05, 3.63) is 60.2 Å². The van der Waals surface area contributed by atoms with E-state index in [2.05, 4.69) is 15.3 Å². The second-order valence-electron chi connectivity index (χ2n) is 4.75. The van der Waals surface area contributed by atoms with Gasteiger partial charge in [-0.25, -0.2) is 0 Å². The zero-order valence-electron chi connectivity index (χ0n) is 11.1. The molecule has 0 aromatic carbocycles. The van der Waals surface area contributed by atoms with Gasteiger partial charge in [-0.05, 0) is 23.8 Å². The van der Waals surface area contributed by atoms with Gasteiger partial charge < -0.3 is 10.2 Å². The monoisotopic (exact) mass is 268 g/mol. The Morgan fingerprint density at radius 1 is 1.20 bits per heavy atom. The summed E-state index contributed by atoms with van der Waals surface area (Å²) >= 11 is 0. The molecule has 20 heavy (non-hydrogen) atoms. The van der Waals surface area contributed by atoms with Crippen LogP contribution in [0.5, 0.6) is 0 Å². The van der Waals surface area contributed by atoms with Crippen LogP contribution in [0.4, 0.5) is 0 Å². The summed E-state index contributed by atoms with van der Waals surface area (Å²) in [6, 6.07) is 7.52. The lowest BCUT2D eigenvalue weighted by atomic mass is 10.0. The van der Waals surface area contributed by atoms with Crippen molar-refractivity contribution in [1.82, 2.24) is 20.2 Å². The summed E-state index contributed by atoms with van der Waals surface area (Å²) in [7, 11) is 0. The predicted molar refractivity (Wildman–Crippen MR) is 75.1 cm³/mol. The normalized spacial score (nSPS) is 18.8. The number of nitrogens with one attached hydrogen (secondary N) is 1. The van der Waals surface area contributed by atoms with E-state index in [1.807, 2.05) is 23.2 Å². The summed E-state index contributed by atoms with van der Waals surface area (Å²) in [5, 5.41) is 3.33. The number of hydrogen-bond acceptors (Lipinski definition) is 4. The Balaban J connectivity index is 1.88. The van der Waals surface area contributed by atoms with E-state index in [0.717, 1.165) is 18.7 Å². The van der Waals surface area contributed by atoms with Gasteiger partial charge in [0.05, 0.1) is 11.6 Å². The molecule has 1 N–H and O–H groups in total. The van der Waals surface area contributed by atoms with Crippen LogP contribution in [0.15, 0.2) is 49.1 Å². The van der Waals surface area contributed by atoms with Crippen LogP contribution in [0.25, 0.3) is 0 Å². The summed E-state index contributed by atoms with van der Waals surface area (Å²) in [4.78, 5) is 22.7. The van der Waals surface area contributed by atoms with E-state index in [1.54, 1.807) is 30.7 Å². The Bertz CT molecular complexity index is 573. The lowest BCUT2D eigenvalue weighted by Crippen LogP contribution is -2.48. The largest absolute Gasteiger partial charge is 0.329 e. The van der Waals surface area contributed by atoms with Gasteiger partial charge in [-0.1, -0.05) is 6.07 Å². The molecule has 0 saturated carbocycles. The highest BCUT2D eigenvalue weighted by Gasteiger charge is 2.28. The number of carbonyl (C=O) groups is 1. The fourth-order valence-electron chi connectivity index (χ4n) is 2.47. The first-order chi connectivity index (χ1) is 9.86. The molecule has 0 bridgehead atoms. The number of amides is 1. The molecule has 3 heterocycles. The van der Waals surface area contributed by atoms with Gasteiger partial charge in [0.1, 0.15) is 0 Å². The Morgan fingerprint density at radius 3 is 2.70 bits per heavy atom. The topological polar surface area (TPSA) is 58.1 Å². The summed E-state index contributed by atoms with van der Waals surface area (Å²) in [5.41, 5.74) is 1.68. The smallest absolute Gasteiger partial charge is 0.256 e. The molecule has 0 radical (unpaired) electrons. The third-order valence-electron chi connectivity index (χ3n) is 3.48. The van der Waals surface area contributed by atoms with Crippen molar-refractivity contribution < 1.29 is 4.79 Å². The molecule has 3 rings (SSSR count). The van der Waals surface area contributed by atoms with Gasteiger partial charge in [0.25, 0.3) is 5.91 Å². The minimum atomic E-state index is 0.0187. The van der Waals surface area contributed by atoms with Crippen molar-refractivity contribution in [3.63, 3.8) is 0 Å². The van der Waals surface area contributed by atoms with Crippen LogP contribution in [0.1, 0.15) is 22.0 Å². The molecule has 5 heteroatoms. The highest BCUT2D eigenvalue weighted by molar-refractivity contribution is 5.94. The molecule has 2 aromatic rings. The lowest BCUT2D eigenvalue weighted by Gasteiger charge is -2.36. The lowest BCUT2D eigenvalue weighted by molar-refractivity contribution is 0.0633. The quantitative estimate of drug-likeness (QED) is 0.891. The van der Waals surface area contributed by atoms with Gasteiger partial charge in [-0.2, -0.15) is 0 Å². The molecule has 0 spiro atoms. The fraction of sp³-hybridized carbons (Fsp3) is 0.267. The number of pyridine rings is 2. The Morgan fingerprint density at radius 2 is 2.00 bits per heavy atom. The zero-order chi connectivity index (χ0) is 13.8. The molecule has 5 nitrogen and oxygen atoms in total. The molecule has 1 aliphatic rings. The Hall–Kier alpha value is -2.27.